The van der Waals surface area contributed by atoms with Gasteiger partial charge in [0.25, 0.3) is 5.91 Å². The molecule has 1 amide bonds. The quantitative estimate of drug-likeness (QED) is 0.699. The van der Waals surface area contributed by atoms with E-state index in [9.17, 15) is 9.18 Å². The topological polar surface area (TPSA) is 46.1 Å². The molecule has 0 bridgehead atoms. The van der Waals surface area contributed by atoms with Gasteiger partial charge in [-0.25, -0.2) is 14.4 Å². The maximum Gasteiger partial charge on any atom is 0.253 e. The van der Waals surface area contributed by atoms with Gasteiger partial charge in [-0.1, -0.05) is 18.2 Å². The van der Waals surface area contributed by atoms with E-state index in [1.54, 1.807) is 18.3 Å². The van der Waals surface area contributed by atoms with Gasteiger partial charge >= 0.3 is 0 Å². The van der Waals surface area contributed by atoms with Crippen molar-refractivity contribution in [3.8, 4) is 11.4 Å². The third-order valence-corrected chi connectivity index (χ3v) is 4.93. The highest BCUT2D eigenvalue weighted by molar-refractivity contribution is 5.94. The van der Waals surface area contributed by atoms with Gasteiger partial charge in [0, 0.05) is 42.0 Å². The van der Waals surface area contributed by atoms with Crippen LogP contribution < -0.4 is 0 Å². The standard InChI is InChI=1S/C22H20FN3O/c23-19-10-8-16(9-11-19)21-24-13-12-20(25-21)18-7-4-14-26(15-18)22(27)17-5-2-1-3-6-17/h1-3,5-6,8-13,18H,4,7,14-15H2/t18-/m1/s1. The first-order chi connectivity index (χ1) is 13.2. The summed E-state index contributed by atoms with van der Waals surface area (Å²) in [6.45, 7) is 1.41. The SMILES string of the molecule is O=C(c1ccccc1)N1CCC[C@@H](c2ccnc(-c3ccc(F)cc3)n2)C1. The van der Waals surface area contributed by atoms with Crippen molar-refractivity contribution in [1.29, 1.82) is 0 Å². The van der Waals surface area contributed by atoms with Crippen molar-refractivity contribution in [2.75, 3.05) is 13.1 Å². The summed E-state index contributed by atoms with van der Waals surface area (Å²) in [6.07, 6.45) is 3.66. The van der Waals surface area contributed by atoms with Gasteiger partial charge in [-0.15, -0.1) is 0 Å². The Bertz CT molecular complexity index is 928. The molecule has 4 rings (SSSR count). The molecule has 27 heavy (non-hydrogen) atoms. The minimum Gasteiger partial charge on any atom is -0.338 e. The molecule has 1 aliphatic rings. The summed E-state index contributed by atoms with van der Waals surface area (Å²) >= 11 is 0. The highest BCUT2D eigenvalue weighted by atomic mass is 19.1. The summed E-state index contributed by atoms with van der Waals surface area (Å²) in [5.74, 6) is 0.540. The summed E-state index contributed by atoms with van der Waals surface area (Å²) in [6, 6.07) is 17.5. The van der Waals surface area contributed by atoms with Crippen molar-refractivity contribution in [1.82, 2.24) is 14.9 Å². The fourth-order valence-corrected chi connectivity index (χ4v) is 3.50. The molecule has 2 aromatic carbocycles. The molecular weight excluding hydrogens is 341 g/mol. The van der Waals surface area contributed by atoms with E-state index >= 15 is 0 Å². The number of amides is 1. The van der Waals surface area contributed by atoms with Crippen LogP contribution in [0.15, 0.2) is 66.9 Å². The van der Waals surface area contributed by atoms with E-state index in [0.29, 0.717) is 17.9 Å². The summed E-state index contributed by atoms with van der Waals surface area (Å²) in [5, 5.41) is 0. The van der Waals surface area contributed by atoms with Gasteiger partial charge in [0.1, 0.15) is 5.82 Å². The Morgan fingerprint density at radius 1 is 1.04 bits per heavy atom. The molecule has 1 aliphatic heterocycles. The number of carbonyl (C=O) groups is 1. The highest BCUT2D eigenvalue weighted by Gasteiger charge is 2.26. The van der Waals surface area contributed by atoms with E-state index in [2.05, 4.69) is 4.98 Å². The lowest BCUT2D eigenvalue weighted by Crippen LogP contribution is -2.39. The number of benzene rings is 2. The smallest absolute Gasteiger partial charge is 0.253 e. The highest BCUT2D eigenvalue weighted by Crippen LogP contribution is 2.27. The lowest BCUT2D eigenvalue weighted by atomic mass is 9.94. The zero-order chi connectivity index (χ0) is 18.6. The Kier molecular flexibility index (Phi) is 4.92. The maximum atomic E-state index is 13.2. The first-order valence-corrected chi connectivity index (χ1v) is 9.14. The molecule has 2 heterocycles. The Morgan fingerprint density at radius 3 is 2.59 bits per heavy atom. The normalized spacial score (nSPS) is 16.9. The van der Waals surface area contributed by atoms with Gasteiger partial charge in [0.2, 0.25) is 0 Å². The predicted octanol–water partition coefficient (Wildman–Crippen LogP) is 4.30. The van der Waals surface area contributed by atoms with Crippen LogP contribution >= 0.6 is 0 Å². The van der Waals surface area contributed by atoms with Crippen molar-refractivity contribution < 1.29 is 9.18 Å². The molecule has 0 saturated carbocycles. The van der Waals surface area contributed by atoms with Crippen molar-refractivity contribution in [2.24, 2.45) is 0 Å². The second-order valence-electron chi connectivity index (χ2n) is 6.77. The Labute approximate surface area is 157 Å². The average Bonchev–Trinajstić information content (AvgIpc) is 2.74. The lowest BCUT2D eigenvalue weighted by molar-refractivity contribution is 0.0706. The van der Waals surface area contributed by atoms with E-state index < -0.39 is 0 Å². The summed E-state index contributed by atoms with van der Waals surface area (Å²) in [7, 11) is 0. The number of carbonyl (C=O) groups excluding carboxylic acids is 1. The maximum absolute atomic E-state index is 13.2. The van der Waals surface area contributed by atoms with Crippen LogP contribution in [0.25, 0.3) is 11.4 Å². The van der Waals surface area contributed by atoms with Crippen LogP contribution in [0.3, 0.4) is 0 Å². The van der Waals surface area contributed by atoms with Gasteiger partial charge in [0.05, 0.1) is 0 Å². The van der Waals surface area contributed by atoms with Crippen LogP contribution in [-0.2, 0) is 0 Å². The van der Waals surface area contributed by atoms with Gasteiger partial charge in [-0.05, 0) is 55.3 Å². The average molecular weight is 361 g/mol. The number of piperidine rings is 1. The molecule has 3 aromatic rings. The minimum atomic E-state index is -0.280. The van der Waals surface area contributed by atoms with Crippen molar-refractivity contribution in [3.63, 3.8) is 0 Å². The van der Waals surface area contributed by atoms with Crippen LogP contribution in [0.1, 0.15) is 34.8 Å². The van der Waals surface area contributed by atoms with Crippen molar-refractivity contribution in [3.05, 3.63) is 83.9 Å². The number of rotatable bonds is 3. The van der Waals surface area contributed by atoms with Gasteiger partial charge in [-0.3, -0.25) is 4.79 Å². The Balaban J connectivity index is 1.54. The summed E-state index contributed by atoms with van der Waals surface area (Å²) in [5.41, 5.74) is 2.43. The molecule has 136 valence electrons. The molecule has 0 spiro atoms. The van der Waals surface area contributed by atoms with E-state index in [0.717, 1.165) is 30.6 Å². The zero-order valence-corrected chi connectivity index (χ0v) is 14.9. The zero-order valence-electron chi connectivity index (χ0n) is 14.9. The van der Waals surface area contributed by atoms with Crippen LogP contribution in [0, 0.1) is 5.82 Å². The first kappa shape index (κ1) is 17.3. The van der Waals surface area contributed by atoms with Crippen LogP contribution in [-0.4, -0.2) is 33.9 Å². The number of hydrogen-bond donors (Lipinski definition) is 0. The van der Waals surface area contributed by atoms with Crippen molar-refractivity contribution >= 4 is 5.91 Å². The van der Waals surface area contributed by atoms with Crippen LogP contribution in [0.4, 0.5) is 4.39 Å². The fourth-order valence-electron chi connectivity index (χ4n) is 3.50. The fraction of sp³-hybridized carbons (Fsp3) is 0.227. The molecule has 1 atom stereocenters. The van der Waals surface area contributed by atoms with Gasteiger partial charge < -0.3 is 4.90 Å². The van der Waals surface area contributed by atoms with E-state index in [-0.39, 0.29) is 17.6 Å². The Hall–Kier alpha value is -3.08. The second kappa shape index (κ2) is 7.66. The van der Waals surface area contributed by atoms with E-state index in [1.165, 1.54) is 12.1 Å². The third-order valence-electron chi connectivity index (χ3n) is 4.93. The largest absolute Gasteiger partial charge is 0.338 e. The summed E-state index contributed by atoms with van der Waals surface area (Å²) < 4.78 is 13.2. The third kappa shape index (κ3) is 3.87. The van der Waals surface area contributed by atoms with Crippen LogP contribution in [0.2, 0.25) is 0 Å². The molecule has 0 unspecified atom stereocenters. The number of nitrogens with zero attached hydrogens (tertiary/aromatic N) is 3. The predicted molar refractivity (Wildman–Crippen MR) is 102 cm³/mol. The van der Waals surface area contributed by atoms with Gasteiger partial charge in [0.15, 0.2) is 5.82 Å². The molecular formula is C22H20FN3O. The van der Waals surface area contributed by atoms with Crippen molar-refractivity contribution in [2.45, 2.75) is 18.8 Å². The molecule has 1 saturated heterocycles. The Morgan fingerprint density at radius 2 is 1.81 bits per heavy atom. The number of likely N-dealkylation sites (tertiary alicyclic amines) is 1. The first-order valence-electron chi connectivity index (χ1n) is 9.14. The monoisotopic (exact) mass is 361 g/mol. The minimum absolute atomic E-state index is 0.0631. The molecule has 4 nitrogen and oxygen atoms in total. The number of aromatic nitrogens is 2. The molecule has 0 aliphatic carbocycles. The molecule has 5 heteroatoms. The van der Waals surface area contributed by atoms with Crippen LogP contribution in [0.5, 0.6) is 0 Å². The molecule has 1 fully saturated rings. The second-order valence-corrected chi connectivity index (χ2v) is 6.77. The number of hydrogen-bond acceptors (Lipinski definition) is 3. The van der Waals surface area contributed by atoms with E-state index in [4.69, 9.17) is 4.98 Å². The summed E-state index contributed by atoms with van der Waals surface area (Å²) in [4.78, 5) is 23.7. The van der Waals surface area contributed by atoms with E-state index in [1.807, 2.05) is 41.3 Å². The number of halogens is 1. The molecule has 0 radical (unpaired) electrons. The molecule has 1 aromatic heterocycles. The lowest BCUT2D eigenvalue weighted by Gasteiger charge is -2.32. The van der Waals surface area contributed by atoms with Gasteiger partial charge in [-0.2, -0.15) is 0 Å². The molecule has 0 N–H and O–H groups in total.